The van der Waals surface area contributed by atoms with Crippen LogP contribution in [-0.2, 0) is 14.8 Å². The Hall–Kier alpha value is -3.27. The lowest BCUT2D eigenvalue weighted by atomic mass is 10.2. The maximum absolute atomic E-state index is 13.4. The molecule has 0 aliphatic carbocycles. The van der Waals surface area contributed by atoms with E-state index in [0.29, 0.717) is 10.0 Å². The lowest BCUT2D eigenvalue weighted by Gasteiger charge is -2.24. The Labute approximate surface area is 200 Å². The molecule has 0 aliphatic heterocycles. The summed E-state index contributed by atoms with van der Waals surface area (Å²) < 4.78 is 27.8. The SMILES string of the molecule is Cc1ccc(N(CC(=O)Nc2nnc(-c3ccccc3)s2)S(=O)(=O)c2ccccc2)cc1Cl. The van der Waals surface area contributed by atoms with Gasteiger partial charge in [0.05, 0.1) is 10.6 Å². The topological polar surface area (TPSA) is 92.3 Å². The average molecular weight is 499 g/mol. The van der Waals surface area contributed by atoms with E-state index in [1.54, 1.807) is 30.3 Å². The van der Waals surface area contributed by atoms with E-state index in [-0.39, 0.29) is 15.7 Å². The normalized spacial score (nSPS) is 11.2. The molecule has 0 saturated heterocycles. The fourth-order valence-corrected chi connectivity index (χ4v) is 5.41. The van der Waals surface area contributed by atoms with Crippen LogP contribution in [0.3, 0.4) is 0 Å². The molecule has 4 rings (SSSR count). The molecule has 0 aliphatic rings. The molecule has 1 heterocycles. The van der Waals surface area contributed by atoms with Gasteiger partial charge in [-0.05, 0) is 36.8 Å². The monoisotopic (exact) mass is 498 g/mol. The number of rotatable bonds is 7. The quantitative estimate of drug-likeness (QED) is 0.387. The number of sulfonamides is 1. The minimum absolute atomic E-state index is 0.0665. The number of hydrogen-bond acceptors (Lipinski definition) is 6. The van der Waals surface area contributed by atoms with Crippen molar-refractivity contribution in [1.29, 1.82) is 0 Å². The smallest absolute Gasteiger partial charge is 0.264 e. The molecule has 3 aromatic carbocycles. The molecule has 4 aromatic rings. The second-order valence-electron chi connectivity index (χ2n) is 7.08. The summed E-state index contributed by atoms with van der Waals surface area (Å²) in [7, 11) is -4.03. The molecule has 7 nitrogen and oxygen atoms in total. The van der Waals surface area contributed by atoms with Crippen LogP contribution in [0, 0.1) is 6.92 Å². The van der Waals surface area contributed by atoms with Gasteiger partial charge in [-0.15, -0.1) is 10.2 Å². The van der Waals surface area contributed by atoms with Crippen LogP contribution >= 0.6 is 22.9 Å². The lowest BCUT2D eigenvalue weighted by Crippen LogP contribution is -2.38. The van der Waals surface area contributed by atoms with Crippen LogP contribution in [0.4, 0.5) is 10.8 Å². The van der Waals surface area contributed by atoms with Crippen LogP contribution in [0.1, 0.15) is 5.56 Å². The van der Waals surface area contributed by atoms with Crippen molar-refractivity contribution < 1.29 is 13.2 Å². The Kier molecular flexibility index (Phi) is 6.73. The van der Waals surface area contributed by atoms with Crippen molar-refractivity contribution in [3.8, 4) is 10.6 Å². The van der Waals surface area contributed by atoms with Gasteiger partial charge < -0.3 is 0 Å². The summed E-state index contributed by atoms with van der Waals surface area (Å²) in [5.41, 5.74) is 1.95. The molecule has 0 fully saturated rings. The summed E-state index contributed by atoms with van der Waals surface area (Å²) in [6.07, 6.45) is 0. The van der Waals surface area contributed by atoms with E-state index in [1.807, 2.05) is 37.3 Å². The van der Waals surface area contributed by atoms with E-state index >= 15 is 0 Å². The highest BCUT2D eigenvalue weighted by molar-refractivity contribution is 7.92. The summed E-state index contributed by atoms with van der Waals surface area (Å²) in [4.78, 5) is 12.9. The molecule has 0 radical (unpaired) electrons. The van der Waals surface area contributed by atoms with E-state index in [9.17, 15) is 13.2 Å². The first kappa shape index (κ1) is 22.9. The van der Waals surface area contributed by atoms with E-state index < -0.39 is 22.5 Å². The van der Waals surface area contributed by atoms with Crippen molar-refractivity contribution >= 4 is 49.7 Å². The summed E-state index contributed by atoms with van der Waals surface area (Å²) in [5.74, 6) is -0.554. The van der Waals surface area contributed by atoms with E-state index in [2.05, 4.69) is 15.5 Å². The first-order valence-electron chi connectivity index (χ1n) is 9.87. The van der Waals surface area contributed by atoms with Crippen molar-refractivity contribution in [2.24, 2.45) is 0 Å². The van der Waals surface area contributed by atoms with Crippen LogP contribution in [0.25, 0.3) is 10.6 Å². The maximum atomic E-state index is 13.4. The van der Waals surface area contributed by atoms with Crippen molar-refractivity contribution in [2.75, 3.05) is 16.2 Å². The molecule has 1 aromatic heterocycles. The van der Waals surface area contributed by atoms with Gasteiger partial charge >= 0.3 is 0 Å². The molecular weight excluding hydrogens is 480 g/mol. The molecular formula is C23H19ClN4O3S2. The van der Waals surface area contributed by atoms with Gasteiger partial charge in [-0.3, -0.25) is 14.4 Å². The van der Waals surface area contributed by atoms with Crippen LogP contribution in [0.5, 0.6) is 0 Å². The van der Waals surface area contributed by atoms with Gasteiger partial charge in [0, 0.05) is 10.6 Å². The summed E-state index contributed by atoms with van der Waals surface area (Å²) in [6, 6.07) is 22.2. The zero-order valence-electron chi connectivity index (χ0n) is 17.5. The molecule has 0 atom stereocenters. The Bertz CT molecular complexity index is 1380. The minimum Gasteiger partial charge on any atom is -0.299 e. The second-order valence-corrected chi connectivity index (χ2v) is 10.3. The molecule has 0 unspecified atom stereocenters. The van der Waals surface area contributed by atoms with Crippen LogP contribution in [-0.4, -0.2) is 31.1 Å². The summed E-state index contributed by atoms with van der Waals surface area (Å²) in [6.45, 7) is 1.35. The highest BCUT2D eigenvalue weighted by atomic mass is 35.5. The molecule has 10 heteroatoms. The molecule has 1 amide bonds. The standard InChI is InChI=1S/C23H19ClN4O3S2/c1-16-12-13-18(14-20(16)24)28(33(30,31)19-10-6-3-7-11-19)15-21(29)25-23-27-26-22(32-23)17-8-4-2-5-9-17/h2-14H,15H2,1H3,(H,25,27,29). The molecule has 168 valence electrons. The maximum Gasteiger partial charge on any atom is 0.264 e. The highest BCUT2D eigenvalue weighted by Crippen LogP contribution is 2.29. The third kappa shape index (κ3) is 5.22. The van der Waals surface area contributed by atoms with Gasteiger partial charge in [0.25, 0.3) is 10.0 Å². The number of halogens is 1. The van der Waals surface area contributed by atoms with Crippen LogP contribution < -0.4 is 9.62 Å². The van der Waals surface area contributed by atoms with E-state index in [0.717, 1.165) is 15.4 Å². The van der Waals surface area contributed by atoms with E-state index in [4.69, 9.17) is 11.6 Å². The van der Waals surface area contributed by atoms with Crippen molar-refractivity contribution in [3.05, 3.63) is 89.4 Å². The van der Waals surface area contributed by atoms with Gasteiger partial charge in [0.15, 0.2) is 0 Å². The van der Waals surface area contributed by atoms with Gasteiger partial charge in [0.2, 0.25) is 11.0 Å². The predicted molar refractivity (Wildman–Crippen MR) is 131 cm³/mol. The van der Waals surface area contributed by atoms with Gasteiger partial charge in [-0.1, -0.05) is 77.5 Å². The molecule has 0 saturated carbocycles. The Morgan fingerprint density at radius 3 is 2.33 bits per heavy atom. The van der Waals surface area contributed by atoms with Gasteiger partial charge in [0.1, 0.15) is 11.6 Å². The van der Waals surface area contributed by atoms with Crippen molar-refractivity contribution in [2.45, 2.75) is 11.8 Å². The number of carbonyl (C=O) groups excluding carboxylic acids is 1. The van der Waals surface area contributed by atoms with Gasteiger partial charge in [-0.2, -0.15) is 0 Å². The Morgan fingerprint density at radius 2 is 1.67 bits per heavy atom. The number of anilines is 2. The number of amides is 1. The third-order valence-electron chi connectivity index (χ3n) is 4.75. The Balaban J connectivity index is 1.61. The molecule has 0 bridgehead atoms. The van der Waals surface area contributed by atoms with Crippen molar-refractivity contribution in [3.63, 3.8) is 0 Å². The van der Waals surface area contributed by atoms with Gasteiger partial charge in [-0.25, -0.2) is 8.42 Å². The van der Waals surface area contributed by atoms with Crippen molar-refractivity contribution in [1.82, 2.24) is 10.2 Å². The largest absolute Gasteiger partial charge is 0.299 e. The number of nitrogens with zero attached hydrogens (tertiary/aromatic N) is 3. The molecule has 33 heavy (non-hydrogen) atoms. The average Bonchev–Trinajstić information content (AvgIpc) is 3.29. The Morgan fingerprint density at radius 1 is 1.00 bits per heavy atom. The number of hydrogen-bond donors (Lipinski definition) is 1. The fourth-order valence-electron chi connectivity index (χ4n) is 3.03. The minimum atomic E-state index is -4.03. The second kappa shape index (κ2) is 9.70. The first-order chi connectivity index (χ1) is 15.8. The number of benzene rings is 3. The van der Waals surface area contributed by atoms with E-state index in [1.165, 1.54) is 29.5 Å². The molecule has 0 spiro atoms. The number of aromatic nitrogens is 2. The van der Waals surface area contributed by atoms with Crippen LogP contribution in [0.2, 0.25) is 5.02 Å². The van der Waals surface area contributed by atoms with Crippen LogP contribution in [0.15, 0.2) is 83.8 Å². The third-order valence-corrected chi connectivity index (χ3v) is 7.84. The number of carbonyl (C=O) groups is 1. The zero-order valence-corrected chi connectivity index (χ0v) is 19.9. The summed E-state index contributed by atoms with van der Waals surface area (Å²) in [5, 5.41) is 12.1. The highest BCUT2D eigenvalue weighted by Gasteiger charge is 2.28. The number of aryl methyl sites for hydroxylation is 1. The summed E-state index contributed by atoms with van der Waals surface area (Å²) >= 11 is 7.44. The predicted octanol–water partition coefficient (Wildman–Crippen LogP) is 5.00. The zero-order chi connectivity index (χ0) is 23.4. The molecule has 1 N–H and O–H groups in total. The number of nitrogens with one attached hydrogen (secondary N) is 1. The fraction of sp³-hybridized carbons (Fsp3) is 0.0870. The lowest BCUT2D eigenvalue weighted by molar-refractivity contribution is -0.114. The first-order valence-corrected chi connectivity index (χ1v) is 12.5.